The summed E-state index contributed by atoms with van der Waals surface area (Å²) in [6.45, 7) is 0. The Morgan fingerprint density at radius 2 is 0.404 bits per heavy atom. The molecule has 0 amide bonds. The van der Waals surface area contributed by atoms with E-state index in [1.54, 1.807) is 103 Å². The van der Waals surface area contributed by atoms with Crippen LogP contribution in [0, 0.1) is 0 Å². The van der Waals surface area contributed by atoms with Crippen LogP contribution < -0.4 is 41.5 Å². The van der Waals surface area contributed by atoms with Crippen LogP contribution in [0.15, 0.2) is 424 Å². The van der Waals surface area contributed by atoms with Gasteiger partial charge < -0.3 is 0 Å². The van der Waals surface area contributed by atoms with E-state index in [4.69, 9.17) is 54.6 Å². The van der Waals surface area contributed by atoms with Crippen LogP contribution in [0.2, 0.25) is 0 Å². The van der Waals surface area contributed by atoms with Crippen molar-refractivity contribution in [3.63, 3.8) is 0 Å². The van der Waals surface area contributed by atoms with Crippen molar-refractivity contribution in [1.82, 2.24) is 48.2 Å². The molecule has 0 saturated heterocycles. The molecule has 536 valence electrons. The molecule has 0 N–H and O–H groups in total. The maximum atomic E-state index is 10.4. The lowest BCUT2D eigenvalue weighted by Gasteiger charge is -2.34. The fraction of sp³-hybridized carbons (Fsp3) is 0. The highest BCUT2D eigenvalue weighted by molar-refractivity contribution is 7.20. The molecule has 0 bridgehead atoms. The smallest absolute Gasteiger partial charge is 0.240 e. The lowest BCUT2D eigenvalue weighted by molar-refractivity contribution is 0.892. The Labute approximate surface area is 704 Å². The fourth-order valence-corrected chi connectivity index (χ4v) is 24.6. The molecule has 0 unspecified atom stereocenters. The largest absolute Gasteiger partial charge is 0.278 e. The van der Waals surface area contributed by atoms with Crippen LogP contribution in [-0.4, -0.2) is 64.3 Å². The highest BCUT2D eigenvalue weighted by Gasteiger charge is 2.43. The third kappa shape index (κ3) is 11.1. The first-order valence-electron chi connectivity index (χ1n) is 52.0. The van der Waals surface area contributed by atoms with Gasteiger partial charge >= 0.3 is 0 Å². The summed E-state index contributed by atoms with van der Waals surface area (Å²) >= 11 is 0. The van der Waals surface area contributed by atoms with Crippen LogP contribution in [-0.2, 0) is 0 Å². The third-order valence-electron chi connectivity index (χ3n) is 20.4. The van der Waals surface area contributed by atoms with E-state index in [0.29, 0.717) is 37.4 Å². The second kappa shape index (κ2) is 28.2. The van der Waals surface area contributed by atoms with E-state index >= 15 is 0 Å². The molecule has 0 fully saturated rings. The van der Waals surface area contributed by atoms with E-state index in [-0.39, 0.29) is 101 Å². The summed E-state index contributed by atoms with van der Waals surface area (Å²) in [5, 5.41) is 4.36. The minimum absolute atomic E-state index is 0.000742. The molecule has 16 aromatic carbocycles. The van der Waals surface area contributed by atoms with E-state index in [1.807, 2.05) is 127 Å². The molecule has 0 aliphatic heterocycles. The summed E-state index contributed by atoms with van der Waals surface area (Å²) in [6.07, 6.45) is 0. The van der Waals surface area contributed by atoms with E-state index in [2.05, 4.69) is 0 Å². The zero-order valence-electron chi connectivity index (χ0n) is 91.4. The Balaban J connectivity index is 0.000000173. The molecule has 114 heavy (non-hydrogen) atoms. The molecule has 0 aliphatic carbocycles. The maximum absolute atomic E-state index is 10.4. The summed E-state index contributed by atoms with van der Waals surface area (Å²) in [4.78, 5) is 29.3. The molecule has 10 nitrogen and oxygen atoms in total. The van der Waals surface area contributed by atoms with Crippen LogP contribution in [0.5, 0.6) is 0 Å². The van der Waals surface area contributed by atoms with E-state index in [0.717, 1.165) is 24.7 Å². The number of benzene rings is 16. The number of aromatic nitrogens is 10. The van der Waals surface area contributed by atoms with Crippen LogP contribution in [0.25, 0.3) is 134 Å². The quantitative estimate of drug-likeness (QED) is 0.0795. The first-order chi connectivity index (χ1) is 69.9. The Morgan fingerprint density at radius 3 is 0.667 bits per heavy atom. The number of fused-ring (bicyclic) bond motifs is 12. The SMILES string of the molecule is [2H]c1c([2H])c(-c2nc(-n3c4c([2H])c([2H])c([2H])c([2H])c4c4c([2H])c([2H])c([2H])c([2H])c43)nc(-n3c4c([2H])c([2H])c([2H])c([2H])c4c4c([2H])c([2H])c([2H])c([2H])c43)n2)c([2H])c([Si](c2ccccc2)(c2ccccc2)c2ccccc2)c1[2H].[2H]c1c([2H])c(-c2nc(-n3c4ccccc4c4c([2H])c([2H])c([2H])c([2H])c43)nc(-n3c4ccccc4c4c([2H])c([2H])c([2H])c([2H])c43)n2)c([2H])c([Si](c2ccccc2)(c2ccccc2)c2ccccc2)c1[2H]. The minimum atomic E-state index is -3.98. The van der Waals surface area contributed by atoms with Crippen LogP contribution >= 0.6 is 0 Å². The standard InChI is InChI=1S/2C51H35N5Si/c2*1-4-20-37(21-5-1)57(38-22-6-2-7-23-38,39-24-8-3-9-25-39)40-26-18-19-36(35-40)49-52-50(55-45-31-14-10-27-41(45)42-28-11-15-32-46(42)55)54-51(53-49)56-47-33-16-12-29-43(47)44-30-13-17-34-48(44)56/h2*1-35H/i10D,11D,12D,13D,14D,15D,16D,17D,18D,19D,26D,27D,28D,29D,30D,31D,32D,33D,34D,35D;10D,12D,14D,16D,18D,19D,26D,27D,29D,31D,33D,35D. The number of hydrogen-bond donors (Lipinski definition) is 0. The summed E-state index contributed by atoms with van der Waals surface area (Å²) in [7, 11) is -7.75. The molecule has 12 heteroatoms. The van der Waals surface area contributed by atoms with Gasteiger partial charge in [0.2, 0.25) is 23.8 Å². The van der Waals surface area contributed by atoms with Gasteiger partial charge in [0.1, 0.15) is 0 Å². The second-order valence-corrected chi connectivity index (χ2v) is 33.9. The molecule has 6 aromatic heterocycles. The van der Waals surface area contributed by atoms with Gasteiger partial charge in [-0.1, -0.05) is 375 Å². The van der Waals surface area contributed by atoms with Crippen molar-refractivity contribution in [1.29, 1.82) is 0 Å². The molecule has 0 atom stereocenters. The molecular weight excluding hydrogens is 1420 g/mol. The van der Waals surface area contributed by atoms with Crippen molar-refractivity contribution in [2.75, 3.05) is 0 Å². The van der Waals surface area contributed by atoms with Gasteiger partial charge in [-0.2, -0.15) is 29.9 Å². The Morgan fingerprint density at radius 1 is 0.184 bits per heavy atom. The van der Waals surface area contributed by atoms with Gasteiger partial charge in [0.25, 0.3) is 0 Å². The third-order valence-corrected chi connectivity index (χ3v) is 29.6. The molecule has 22 rings (SSSR count). The first-order valence-corrected chi connectivity index (χ1v) is 40.0. The maximum Gasteiger partial charge on any atom is 0.240 e. The average Bonchev–Trinajstić information content (AvgIpc) is 1.47. The predicted octanol–water partition coefficient (Wildman–Crippen LogP) is 18.2. The molecule has 0 radical (unpaired) electrons. The van der Waals surface area contributed by atoms with Gasteiger partial charge in [-0.05, 0) is 89.9 Å². The summed E-state index contributed by atoms with van der Waals surface area (Å²) in [5.74, 6) is -2.84. The molecule has 0 spiro atoms. The topological polar surface area (TPSA) is 97.1 Å². The van der Waals surface area contributed by atoms with Crippen molar-refractivity contribution in [3.05, 3.63) is 424 Å². The van der Waals surface area contributed by atoms with Crippen LogP contribution in [0.3, 0.4) is 0 Å². The van der Waals surface area contributed by atoms with Crippen molar-refractivity contribution in [2.45, 2.75) is 0 Å². The van der Waals surface area contributed by atoms with E-state index < -0.39 is 231 Å². The Kier molecular flexibility index (Phi) is 10.4. The van der Waals surface area contributed by atoms with Crippen molar-refractivity contribution >= 4 is 145 Å². The Bertz CT molecular complexity index is 8730. The summed E-state index contributed by atoms with van der Waals surface area (Å²) in [6, 6.07) is 50.3. The molecule has 22 aromatic rings. The highest BCUT2D eigenvalue weighted by Crippen LogP contribution is 2.38. The Hall–Kier alpha value is -14.8. The number of rotatable bonds is 14. The molecule has 0 saturated carbocycles. The molecule has 6 heterocycles. The zero-order chi connectivity index (χ0) is 103. The lowest BCUT2D eigenvalue weighted by atomic mass is 10.2. The monoisotopic (exact) mass is 1520 g/mol. The number of hydrogen-bond acceptors (Lipinski definition) is 6. The van der Waals surface area contributed by atoms with Gasteiger partial charge in [-0.3, -0.25) is 18.3 Å². The van der Waals surface area contributed by atoms with E-state index in [1.165, 1.54) is 9.13 Å². The van der Waals surface area contributed by atoms with Crippen molar-refractivity contribution in [3.8, 4) is 46.6 Å². The van der Waals surface area contributed by atoms with Gasteiger partial charge in [-0.25, -0.2) is 0 Å². The van der Waals surface area contributed by atoms with Crippen LogP contribution in [0.1, 0.15) is 43.9 Å². The second-order valence-electron chi connectivity index (χ2n) is 26.4. The predicted molar refractivity (Wildman–Crippen MR) is 475 cm³/mol. The van der Waals surface area contributed by atoms with Gasteiger partial charge in [-0.15, -0.1) is 0 Å². The molecule has 0 aliphatic rings. The minimum Gasteiger partial charge on any atom is -0.278 e. The van der Waals surface area contributed by atoms with Crippen molar-refractivity contribution < 1.29 is 43.9 Å². The lowest BCUT2D eigenvalue weighted by Crippen LogP contribution is -2.74. The zero-order valence-corrected chi connectivity index (χ0v) is 61.4. The van der Waals surface area contributed by atoms with Gasteiger partial charge in [0.15, 0.2) is 27.8 Å². The highest BCUT2D eigenvalue weighted by atomic mass is 28.3. The first kappa shape index (κ1) is 41.8. The van der Waals surface area contributed by atoms with Gasteiger partial charge in [0, 0.05) is 54.2 Å². The normalized spacial score (nSPS) is 15.8. The average molecular weight is 1520 g/mol. The fourth-order valence-electron chi connectivity index (χ4n) is 15.6. The summed E-state index contributed by atoms with van der Waals surface area (Å²) in [5.41, 5.74) is -1.81. The van der Waals surface area contributed by atoms with Crippen LogP contribution in [0.4, 0.5) is 0 Å². The van der Waals surface area contributed by atoms with E-state index in [9.17, 15) is 19.2 Å². The number of nitrogens with zero attached hydrogens (tertiary/aromatic N) is 10. The van der Waals surface area contributed by atoms with Gasteiger partial charge in [0.05, 0.1) is 88.0 Å². The number of para-hydroxylation sites is 8. The van der Waals surface area contributed by atoms with Crippen molar-refractivity contribution in [2.24, 2.45) is 0 Å². The summed E-state index contributed by atoms with van der Waals surface area (Å²) < 4.78 is 298. The molecular formula is C102H70N10Si2.